The first-order chi connectivity index (χ1) is 24.3. The largest absolute Gasteiger partial charge is 0.396 e. The van der Waals surface area contributed by atoms with Crippen LogP contribution in [0.1, 0.15) is 285 Å². The maximum absolute atomic E-state index is 6.31. The van der Waals surface area contributed by atoms with Crippen LogP contribution < -0.4 is 0 Å². The van der Waals surface area contributed by atoms with E-state index < -0.39 is 10.0 Å². The molecular formula is C46H96O2Si. The van der Waals surface area contributed by atoms with Crippen LogP contribution in [0.15, 0.2) is 0 Å². The molecule has 0 aromatic carbocycles. The van der Waals surface area contributed by atoms with Gasteiger partial charge in [-0.2, -0.15) is 0 Å². The highest BCUT2D eigenvalue weighted by Crippen LogP contribution is 2.18. The molecule has 0 fully saturated rings. The highest BCUT2D eigenvalue weighted by molar-refractivity contribution is 6.18. The lowest BCUT2D eigenvalue weighted by atomic mass is 10.0. The van der Waals surface area contributed by atoms with Crippen LogP contribution in [0.4, 0.5) is 0 Å². The van der Waals surface area contributed by atoms with Crippen molar-refractivity contribution in [3.8, 4) is 0 Å². The highest BCUT2D eigenvalue weighted by atomic mass is 28.3. The summed E-state index contributed by atoms with van der Waals surface area (Å²) in [6.07, 6.45) is 57.6. The van der Waals surface area contributed by atoms with Crippen LogP contribution in [0.2, 0.25) is 0 Å². The van der Waals surface area contributed by atoms with Crippen molar-refractivity contribution in [2.45, 2.75) is 297 Å². The molecule has 0 N–H and O–H groups in total. The predicted octanol–water partition coefficient (Wildman–Crippen LogP) is 16.4. The Morgan fingerprint density at radius 1 is 0.265 bits per heavy atom. The zero-order valence-electron chi connectivity index (χ0n) is 35.0. The average Bonchev–Trinajstić information content (AvgIpc) is 3.12. The van der Waals surface area contributed by atoms with E-state index in [1.165, 1.54) is 244 Å². The lowest BCUT2D eigenvalue weighted by Gasteiger charge is -2.20. The molecule has 0 radical (unpaired) electrons. The molecule has 2 nitrogen and oxygen atoms in total. The molecule has 0 aliphatic heterocycles. The van der Waals surface area contributed by atoms with E-state index in [-0.39, 0.29) is 0 Å². The van der Waals surface area contributed by atoms with Crippen LogP contribution in [0.25, 0.3) is 0 Å². The van der Waals surface area contributed by atoms with Gasteiger partial charge in [-0.15, -0.1) is 0 Å². The molecule has 2 atom stereocenters. The Morgan fingerprint density at radius 3 is 0.633 bits per heavy atom. The molecule has 0 aromatic heterocycles. The molecule has 0 aromatic rings. The summed E-state index contributed by atoms with van der Waals surface area (Å²) in [5.74, 6) is 0. The molecule has 0 heterocycles. The molecule has 0 aliphatic carbocycles. The Kier molecular flexibility index (Phi) is 44.4. The lowest BCUT2D eigenvalue weighted by molar-refractivity contribution is 0.103. The zero-order chi connectivity index (χ0) is 35.6. The van der Waals surface area contributed by atoms with E-state index in [1.54, 1.807) is 0 Å². The summed E-state index contributed by atoms with van der Waals surface area (Å²) < 4.78 is 12.6. The summed E-state index contributed by atoms with van der Waals surface area (Å²) in [7, 11) is -0.844. The topological polar surface area (TPSA) is 18.5 Å². The Balaban J connectivity index is 3.44. The van der Waals surface area contributed by atoms with E-state index in [4.69, 9.17) is 8.85 Å². The van der Waals surface area contributed by atoms with E-state index in [1.807, 2.05) is 0 Å². The third-order valence-electron chi connectivity index (χ3n) is 11.3. The van der Waals surface area contributed by atoms with Gasteiger partial charge in [-0.25, -0.2) is 0 Å². The molecule has 0 amide bonds. The molecule has 0 aliphatic rings. The Bertz CT molecular complexity index is 521. The van der Waals surface area contributed by atoms with Gasteiger partial charge in [0.1, 0.15) is 0 Å². The second-order valence-electron chi connectivity index (χ2n) is 16.1. The lowest BCUT2D eigenvalue weighted by Crippen LogP contribution is -2.22. The van der Waals surface area contributed by atoms with Crippen molar-refractivity contribution < 1.29 is 8.85 Å². The van der Waals surface area contributed by atoms with Gasteiger partial charge in [0.2, 0.25) is 0 Å². The first-order valence-electron chi connectivity index (χ1n) is 23.5. The fraction of sp³-hybridized carbons (Fsp3) is 1.00. The van der Waals surface area contributed by atoms with Gasteiger partial charge in [0, 0.05) is 12.2 Å². The second kappa shape index (κ2) is 44.3. The van der Waals surface area contributed by atoms with Crippen LogP contribution in [-0.4, -0.2) is 22.2 Å². The van der Waals surface area contributed by atoms with Crippen LogP contribution in [0.3, 0.4) is 0 Å². The van der Waals surface area contributed by atoms with Crippen LogP contribution in [0.5, 0.6) is 0 Å². The minimum atomic E-state index is -0.844. The number of unbranched alkanes of at least 4 members (excludes halogenated alkanes) is 34. The van der Waals surface area contributed by atoms with E-state index in [0.29, 0.717) is 12.2 Å². The third-order valence-corrected chi connectivity index (χ3v) is 12.5. The van der Waals surface area contributed by atoms with Gasteiger partial charge in [0.25, 0.3) is 0 Å². The first kappa shape index (κ1) is 49.1. The monoisotopic (exact) mass is 709 g/mol. The maximum Gasteiger partial charge on any atom is 0.304 e. The molecule has 0 saturated carbocycles. The summed E-state index contributed by atoms with van der Waals surface area (Å²) in [5.41, 5.74) is 0. The second-order valence-corrected chi connectivity index (χ2v) is 17.0. The minimum absolute atomic E-state index is 0.440. The Morgan fingerprint density at radius 2 is 0.449 bits per heavy atom. The average molecular weight is 709 g/mol. The predicted molar refractivity (Wildman–Crippen MR) is 226 cm³/mol. The van der Waals surface area contributed by atoms with Crippen molar-refractivity contribution in [3.63, 3.8) is 0 Å². The van der Waals surface area contributed by atoms with E-state index in [9.17, 15) is 0 Å². The smallest absolute Gasteiger partial charge is 0.304 e. The van der Waals surface area contributed by atoms with Crippen molar-refractivity contribution in [1.82, 2.24) is 0 Å². The first-order valence-corrected chi connectivity index (χ1v) is 24.7. The van der Waals surface area contributed by atoms with Crippen molar-refractivity contribution in [2.75, 3.05) is 0 Å². The molecule has 0 spiro atoms. The fourth-order valence-corrected chi connectivity index (χ4v) is 8.86. The Hall–Kier alpha value is 0.137. The fourth-order valence-electron chi connectivity index (χ4n) is 7.59. The van der Waals surface area contributed by atoms with Crippen molar-refractivity contribution >= 4 is 10.0 Å². The molecule has 2 unspecified atom stereocenters. The maximum atomic E-state index is 6.31. The van der Waals surface area contributed by atoms with Crippen molar-refractivity contribution in [3.05, 3.63) is 0 Å². The standard InChI is InChI=1S/C46H96O2Si/c1-5-9-11-13-15-17-19-21-23-25-27-29-31-33-35-37-39-41-43-45(7-3)47-49-48-46(8-4)44-42-40-38-36-34-32-30-28-26-24-22-20-18-16-14-12-10-6-2/h45-46H,5-44,49H2,1-4H3. The number of hydrogen-bond acceptors (Lipinski definition) is 2. The van der Waals surface area contributed by atoms with Gasteiger partial charge in [-0.3, -0.25) is 0 Å². The normalized spacial score (nSPS) is 13.2. The summed E-state index contributed by atoms with van der Waals surface area (Å²) >= 11 is 0. The Labute approximate surface area is 314 Å². The molecular weight excluding hydrogens is 613 g/mol. The van der Waals surface area contributed by atoms with E-state index in [2.05, 4.69) is 27.7 Å². The van der Waals surface area contributed by atoms with E-state index >= 15 is 0 Å². The summed E-state index contributed by atoms with van der Waals surface area (Å²) in [6.45, 7) is 9.20. The summed E-state index contributed by atoms with van der Waals surface area (Å²) in [4.78, 5) is 0. The van der Waals surface area contributed by atoms with Gasteiger partial charge >= 0.3 is 10.0 Å². The SMILES string of the molecule is CCCCCCCCCCCCCCCCCCCCC(CC)O[SiH2]OC(CC)CCCCCCCCCCCCCCCCCCCC. The van der Waals surface area contributed by atoms with Crippen LogP contribution >= 0.6 is 0 Å². The van der Waals surface area contributed by atoms with Crippen LogP contribution in [-0.2, 0) is 8.85 Å². The third kappa shape index (κ3) is 40.8. The van der Waals surface area contributed by atoms with Gasteiger partial charge < -0.3 is 8.85 Å². The van der Waals surface area contributed by atoms with Gasteiger partial charge in [0.15, 0.2) is 0 Å². The summed E-state index contributed by atoms with van der Waals surface area (Å²) in [6, 6.07) is 0. The van der Waals surface area contributed by atoms with Crippen LogP contribution in [0, 0.1) is 0 Å². The molecule has 296 valence electrons. The minimum Gasteiger partial charge on any atom is -0.396 e. The number of hydrogen-bond donors (Lipinski definition) is 0. The molecule has 49 heavy (non-hydrogen) atoms. The van der Waals surface area contributed by atoms with Crippen molar-refractivity contribution in [2.24, 2.45) is 0 Å². The quantitative estimate of drug-likeness (QED) is 0.0463. The van der Waals surface area contributed by atoms with Gasteiger partial charge in [-0.05, 0) is 25.7 Å². The zero-order valence-corrected chi connectivity index (χ0v) is 36.4. The van der Waals surface area contributed by atoms with Gasteiger partial charge in [0.05, 0.1) is 0 Å². The highest BCUT2D eigenvalue weighted by Gasteiger charge is 2.10. The molecule has 0 saturated heterocycles. The van der Waals surface area contributed by atoms with Crippen molar-refractivity contribution in [1.29, 1.82) is 0 Å². The number of rotatable bonds is 44. The molecule has 3 heteroatoms. The molecule has 0 rings (SSSR count). The molecule has 0 bridgehead atoms. The van der Waals surface area contributed by atoms with Gasteiger partial charge in [-0.1, -0.05) is 259 Å². The summed E-state index contributed by atoms with van der Waals surface area (Å²) in [5, 5.41) is 0. The van der Waals surface area contributed by atoms with E-state index in [0.717, 1.165) is 12.8 Å².